The second-order valence-corrected chi connectivity index (χ2v) is 9.58. The summed E-state index contributed by atoms with van der Waals surface area (Å²) in [5, 5.41) is 0. The van der Waals surface area contributed by atoms with Crippen molar-refractivity contribution in [2.75, 3.05) is 0 Å². The molecule has 1 aliphatic rings. The standard InChI is InChI=1S/C25H40O/c1-17(2)10-9-12-25(8)13-11-23-20(6)15-22(16-24(23)26-25)21(7)19(5)14-18(3)4/h10,15-16,18-19,21H,9,11-14H2,1-8H3. The van der Waals surface area contributed by atoms with Gasteiger partial charge in [0.1, 0.15) is 11.4 Å². The van der Waals surface area contributed by atoms with Crippen molar-refractivity contribution in [1.29, 1.82) is 0 Å². The molecular formula is C25H40O. The number of aryl methyl sites for hydroxylation is 1. The maximum absolute atomic E-state index is 6.60. The van der Waals surface area contributed by atoms with Gasteiger partial charge >= 0.3 is 0 Å². The average molecular weight is 357 g/mol. The third-order valence-corrected chi connectivity index (χ3v) is 6.16. The molecular weight excluding hydrogens is 316 g/mol. The Hall–Kier alpha value is -1.24. The van der Waals surface area contributed by atoms with Crippen molar-refractivity contribution in [2.45, 2.75) is 99.0 Å². The third-order valence-electron chi connectivity index (χ3n) is 6.16. The van der Waals surface area contributed by atoms with Gasteiger partial charge in [-0.25, -0.2) is 0 Å². The summed E-state index contributed by atoms with van der Waals surface area (Å²) in [5.74, 6) is 3.17. The number of ether oxygens (including phenoxy) is 1. The first-order valence-electron chi connectivity index (χ1n) is 10.6. The van der Waals surface area contributed by atoms with Gasteiger partial charge in [-0.05, 0) is 100 Å². The minimum atomic E-state index is -0.0310. The lowest BCUT2D eigenvalue weighted by Gasteiger charge is -2.37. The molecule has 1 heteroatoms. The zero-order valence-electron chi connectivity index (χ0n) is 18.4. The Morgan fingerprint density at radius 1 is 1.19 bits per heavy atom. The van der Waals surface area contributed by atoms with E-state index in [1.165, 1.54) is 28.7 Å². The van der Waals surface area contributed by atoms with E-state index < -0.39 is 0 Å². The van der Waals surface area contributed by atoms with Gasteiger partial charge in [-0.3, -0.25) is 0 Å². The minimum absolute atomic E-state index is 0.0310. The van der Waals surface area contributed by atoms with E-state index in [9.17, 15) is 0 Å². The lowest BCUT2D eigenvalue weighted by atomic mass is 9.81. The highest BCUT2D eigenvalue weighted by atomic mass is 16.5. The average Bonchev–Trinajstić information content (AvgIpc) is 2.52. The predicted octanol–water partition coefficient (Wildman–Crippen LogP) is 7.61. The summed E-state index contributed by atoms with van der Waals surface area (Å²) < 4.78 is 6.60. The Kier molecular flexibility index (Phi) is 6.99. The van der Waals surface area contributed by atoms with Crippen LogP contribution in [-0.4, -0.2) is 5.60 Å². The third kappa shape index (κ3) is 5.38. The fourth-order valence-corrected chi connectivity index (χ4v) is 4.31. The van der Waals surface area contributed by atoms with Crippen LogP contribution in [0, 0.1) is 18.8 Å². The molecule has 3 unspecified atom stereocenters. The zero-order chi connectivity index (χ0) is 19.5. The minimum Gasteiger partial charge on any atom is -0.487 e. The fourth-order valence-electron chi connectivity index (χ4n) is 4.31. The molecule has 146 valence electrons. The van der Waals surface area contributed by atoms with Gasteiger partial charge in [0.2, 0.25) is 0 Å². The van der Waals surface area contributed by atoms with Crippen LogP contribution >= 0.6 is 0 Å². The molecule has 3 atom stereocenters. The van der Waals surface area contributed by atoms with Crippen LogP contribution < -0.4 is 4.74 Å². The van der Waals surface area contributed by atoms with Crippen molar-refractivity contribution < 1.29 is 4.74 Å². The number of hydrogen-bond donors (Lipinski definition) is 0. The van der Waals surface area contributed by atoms with Gasteiger partial charge in [0.25, 0.3) is 0 Å². The van der Waals surface area contributed by atoms with Gasteiger partial charge in [0.05, 0.1) is 0 Å². The Bertz CT molecular complexity index is 636. The molecule has 1 aliphatic heterocycles. The van der Waals surface area contributed by atoms with Crippen molar-refractivity contribution in [1.82, 2.24) is 0 Å². The number of allylic oxidation sites excluding steroid dienone is 2. The number of hydrogen-bond acceptors (Lipinski definition) is 1. The number of fused-ring (bicyclic) bond motifs is 1. The quantitative estimate of drug-likeness (QED) is 0.457. The Morgan fingerprint density at radius 2 is 1.88 bits per heavy atom. The van der Waals surface area contributed by atoms with Gasteiger partial charge in [-0.15, -0.1) is 0 Å². The monoisotopic (exact) mass is 356 g/mol. The van der Waals surface area contributed by atoms with E-state index in [4.69, 9.17) is 4.74 Å². The molecule has 0 bridgehead atoms. The van der Waals surface area contributed by atoms with Gasteiger partial charge < -0.3 is 4.74 Å². The maximum Gasteiger partial charge on any atom is 0.123 e. The van der Waals surface area contributed by atoms with Crippen LogP contribution in [0.25, 0.3) is 0 Å². The predicted molar refractivity (Wildman–Crippen MR) is 114 cm³/mol. The molecule has 0 radical (unpaired) electrons. The Morgan fingerprint density at radius 3 is 2.50 bits per heavy atom. The summed E-state index contributed by atoms with van der Waals surface area (Å²) in [4.78, 5) is 0. The van der Waals surface area contributed by atoms with E-state index in [2.05, 4.69) is 73.6 Å². The van der Waals surface area contributed by atoms with Crippen molar-refractivity contribution in [2.24, 2.45) is 11.8 Å². The van der Waals surface area contributed by atoms with Crippen molar-refractivity contribution in [3.63, 3.8) is 0 Å². The molecule has 1 aromatic rings. The zero-order valence-corrected chi connectivity index (χ0v) is 18.4. The van der Waals surface area contributed by atoms with Crippen molar-refractivity contribution >= 4 is 0 Å². The van der Waals surface area contributed by atoms with Crippen LogP contribution in [0.3, 0.4) is 0 Å². The summed E-state index contributed by atoms with van der Waals surface area (Å²) in [6.45, 7) is 18.3. The highest BCUT2D eigenvalue weighted by Gasteiger charge is 2.32. The first kappa shape index (κ1) is 21.1. The van der Waals surface area contributed by atoms with Crippen LogP contribution in [0.15, 0.2) is 23.8 Å². The van der Waals surface area contributed by atoms with E-state index in [-0.39, 0.29) is 5.60 Å². The molecule has 0 aliphatic carbocycles. The normalized spacial score (nSPS) is 21.7. The Labute approximate surface area is 162 Å². The summed E-state index contributed by atoms with van der Waals surface area (Å²) >= 11 is 0. The molecule has 0 saturated heterocycles. The molecule has 0 saturated carbocycles. The van der Waals surface area contributed by atoms with Gasteiger partial charge in [0, 0.05) is 0 Å². The highest BCUT2D eigenvalue weighted by molar-refractivity contribution is 5.46. The smallest absolute Gasteiger partial charge is 0.123 e. The SMILES string of the molecule is CC(C)=CCCC1(C)CCc2c(C)cc(C(C)C(C)CC(C)C)cc2O1. The van der Waals surface area contributed by atoms with E-state index in [0.29, 0.717) is 11.8 Å². The first-order chi connectivity index (χ1) is 12.1. The lowest BCUT2D eigenvalue weighted by Crippen LogP contribution is -2.36. The first-order valence-corrected chi connectivity index (χ1v) is 10.6. The van der Waals surface area contributed by atoms with E-state index in [1.54, 1.807) is 0 Å². The molecule has 0 aromatic heterocycles. The Balaban J connectivity index is 2.20. The summed E-state index contributed by atoms with van der Waals surface area (Å²) in [5.41, 5.74) is 5.65. The van der Waals surface area contributed by atoms with E-state index >= 15 is 0 Å². The van der Waals surface area contributed by atoms with E-state index in [1.807, 2.05) is 0 Å². The van der Waals surface area contributed by atoms with E-state index in [0.717, 1.165) is 37.4 Å². The van der Waals surface area contributed by atoms with Crippen molar-refractivity contribution in [3.8, 4) is 5.75 Å². The van der Waals surface area contributed by atoms with Crippen LogP contribution in [-0.2, 0) is 6.42 Å². The van der Waals surface area contributed by atoms with Gasteiger partial charge in [-0.1, -0.05) is 45.4 Å². The van der Waals surface area contributed by atoms with Crippen LogP contribution in [0.5, 0.6) is 5.75 Å². The maximum atomic E-state index is 6.60. The second kappa shape index (κ2) is 8.63. The molecule has 1 heterocycles. The molecule has 2 rings (SSSR count). The second-order valence-electron chi connectivity index (χ2n) is 9.58. The fraction of sp³-hybridized carbons (Fsp3) is 0.680. The molecule has 0 N–H and O–H groups in total. The summed E-state index contributed by atoms with van der Waals surface area (Å²) in [6, 6.07) is 4.76. The largest absolute Gasteiger partial charge is 0.487 e. The van der Waals surface area contributed by atoms with Crippen LogP contribution in [0.4, 0.5) is 0 Å². The van der Waals surface area contributed by atoms with Gasteiger partial charge in [0.15, 0.2) is 0 Å². The molecule has 0 fully saturated rings. The van der Waals surface area contributed by atoms with Gasteiger partial charge in [-0.2, -0.15) is 0 Å². The highest BCUT2D eigenvalue weighted by Crippen LogP contribution is 2.40. The molecule has 0 spiro atoms. The van der Waals surface area contributed by atoms with Crippen LogP contribution in [0.1, 0.15) is 96.8 Å². The molecule has 1 aromatic carbocycles. The number of benzene rings is 1. The van der Waals surface area contributed by atoms with Crippen LogP contribution in [0.2, 0.25) is 0 Å². The topological polar surface area (TPSA) is 9.23 Å². The number of rotatable bonds is 7. The lowest BCUT2D eigenvalue weighted by molar-refractivity contribution is 0.0568. The summed E-state index contributed by atoms with van der Waals surface area (Å²) in [7, 11) is 0. The molecule has 1 nitrogen and oxygen atoms in total. The molecule has 0 amide bonds. The van der Waals surface area contributed by atoms with Crippen molar-refractivity contribution in [3.05, 3.63) is 40.5 Å². The molecule has 26 heavy (non-hydrogen) atoms. The summed E-state index contributed by atoms with van der Waals surface area (Å²) in [6.07, 6.45) is 8.08.